The van der Waals surface area contributed by atoms with E-state index in [1.807, 2.05) is 11.8 Å². The Hall–Kier alpha value is -0.860. The van der Waals surface area contributed by atoms with Crippen LogP contribution in [0, 0.1) is 0 Å². The molecule has 0 aromatic heterocycles. The van der Waals surface area contributed by atoms with E-state index in [-0.39, 0.29) is 11.9 Å². The number of hydrogen-bond acceptors (Lipinski definition) is 5. The molecule has 0 radical (unpaired) electrons. The molecule has 0 aromatic rings. The van der Waals surface area contributed by atoms with Gasteiger partial charge in [-0.25, -0.2) is 8.42 Å². The first-order chi connectivity index (χ1) is 7.36. The van der Waals surface area contributed by atoms with Crippen molar-refractivity contribution in [2.45, 2.75) is 13.0 Å². The third kappa shape index (κ3) is 3.06. The van der Waals surface area contributed by atoms with Crippen molar-refractivity contribution in [2.24, 2.45) is 10.9 Å². The number of amidine groups is 1. The van der Waals surface area contributed by atoms with Gasteiger partial charge in [-0.2, -0.15) is 4.31 Å². The van der Waals surface area contributed by atoms with Gasteiger partial charge in [0.1, 0.15) is 0 Å². The van der Waals surface area contributed by atoms with Crippen LogP contribution in [0.1, 0.15) is 6.92 Å². The zero-order valence-corrected chi connectivity index (χ0v) is 10.3. The van der Waals surface area contributed by atoms with Gasteiger partial charge in [-0.1, -0.05) is 5.16 Å². The van der Waals surface area contributed by atoms with Crippen LogP contribution in [0.25, 0.3) is 0 Å². The minimum Gasteiger partial charge on any atom is -0.409 e. The van der Waals surface area contributed by atoms with Crippen LogP contribution < -0.4 is 5.73 Å². The minimum absolute atomic E-state index is 0.146. The first kappa shape index (κ1) is 13.2. The number of oxime groups is 1. The molecule has 1 unspecified atom stereocenters. The summed E-state index contributed by atoms with van der Waals surface area (Å²) in [6.07, 6.45) is 1.20. The summed E-state index contributed by atoms with van der Waals surface area (Å²) in [6, 6.07) is -0.174. The van der Waals surface area contributed by atoms with Crippen molar-refractivity contribution < 1.29 is 13.6 Å². The summed E-state index contributed by atoms with van der Waals surface area (Å²) in [5, 5.41) is 11.5. The Balaban J connectivity index is 2.56. The van der Waals surface area contributed by atoms with Gasteiger partial charge in [0.25, 0.3) is 0 Å². The van der Waals surface area contributed by atoms with Crippen molar-refractivity contribution in [3.63, 3.8) is 0 Å². The Labute approximate surface area is 95.6 Å². The number of hydrogen-bond donors (Lipinski definition) is 2. The first-order valence-corrected chi connectivity index (χ1v) is 6.87. The van der Waals surface area contributed by atoms with Crippen LogP contribution in [0.5, 0.6) is 0 Å². The Morgan fingerprint density at radius 3 is 2.25 bits per heavy atom. The highest BCUT2D eigenvalue weighted by Gasteiger charge is 2.27. The van der Waals surface area contributed by atoms with E-state index in [4.69, 9.17) is 10.9 Å². The van der Waals surface area contributed by atoms with Gasteiger partial charge in [-0.3, -0.25) is 4.90 Å². The first-order valence-electron chi connectivity index (χ1n) is 5.03. The van der Waals surface area contributed by atoms with Crippen LogP contribution >= 0.6 is 0 Å². The van der Waals surface area contributed by atoms with E-state index in [1.54, 1.807) is 0 Å². The van der Waals surface area contributed by atoms with Crippen molar-refractivity contribution in [1.29, 1.82) is 0 Å². The highest BCUT2D eigenvalue weighted by Crippen LogP contribution is 2.09. The van der Waals surface area contributed by atoms with E-state index < -0.39 is 10.0 Å². The van der Waals surface area contributed by atoms with Crippen LogP contribution in [-0.4, -0.2) is 67.1 Å². The van der Waals surface area contributed by atoms with Gasteiger partial charge in [-0.05, 0) is 6.92 Å². The third-order valence-electron chi connectivity index (χ3n) is 2.83. The average molecular weight is 250 g/mol. The second kappa shape index (κ2) is 4.98. The average Bonchev–Trinajstić information content (AvgIpc) is 2.26. The SMILES string of the molecule is CC(C(N)=NO)N1CCN(S(C)(=O)=O)CC1. The zero-order chi connectivity index (χ0) is 12.3. The molecule has 8 heteroatoms. The van der Waals surface area contributed by atoms with E-state index in [1.165, 1.54) is 10.6 Å². The van der Waals surface area contributed by atoms with Crippen molar-refractivity contribution in [3.05, 3.63) is 0 Å². The topological polar surface area (TPSA) is 99.2 Å². The Kier molecular flexibility index (Phi) is 4.11. The highest BCUT2D eigenvalue weighted by atomic mass is 32.2. The summed E-state index contributed by atoms with van der Waals surface area (Å²) in [7, 11) is -3.11. The molecule has 0 aromatic carbocycles. The third-order valence-corrected chi connectivity index (χ3v) is 4.14. The summed E-state index contributed by atoms with van der Waals surface area (Å²) < 4.78 is 24.0. The molecule has 1 rings (SSSR count). The van der Waals surface area contributed by atoms with Gasteiger partial charge in [0.05, 0.1) is 12.3 Å². The maximum absolute atomic E-state index is 11.3. The van der Waals surface area contributed by atoms with Crippen molar-refractivity contribution in [1.82, 2.24) is 9.21 Å². The normalized spacial score (nSPS) is 23.2. The van der Waals surface area contributed by atoms with Crippen LogP contribution in [0.2, 0.25) is 0 Å². The molecule has 0 spiro atoms. The van der Waals surface area contributed by atoms with Crippen LogP contribution in [0.15, 0.2) is 5.16 Å². The lowest BCUT2D eigenvalue weighted by Crippen LogP contribution is -2.54. The standard InChI is InChI=1S/C8H18N4O3S/c1-7(8(9)10-13)11-3-5-12(6-4-11)16(2,14)15/h7,13H,3-6H2,1-2H3,(H2,9,10). The summed E-state index contributed by atoms with van der Waals surface area (Å²) in [4.78, 5) is 1.98. The number of nitrogens with zero attached hydrogens (tertiary/aromatic N) is 3. The number of sulfonamides is 1. The van der Waals surface area contributed by atoms with Gasteiger partial charge in [0.15, 0.2) is 5.84 Å². The van der Waals surface area contributed by atoms with E-state index in [2.05, 4.69) is 5.16 Å². The summed E-state index contributed by atoms with van der Waals surface area (Å²) in [5.41, 5.74) is 5.49. The lowest BCUT2D eigenvalue weighted by molar-refractivity contribution is 0.171. The molecule has 0 saturated carbocycles. The summed E-state index contributed by atoms with van der Waals surface area (Å²) >= 11 is 0. The molecule has 7 nitrogen and oxygen atoms in total. The molecule has 0 amide bonds. The minimum atomic E-state index is -3.11. The van der Waals surface area contributed by atoms with E-state index in [9.17, 15) is 8.42 Å². The predicted octanol–water partition coefficient (Wildman–Crippen LogP) is -1.30. The largest absolute Gasteiger partial charge is 0.409 e. The zero-order valence-electron chi connectivity index (χ0n) is 9.50. The highest BCUT2D eigenvalue weighted by molar-refractivity contribution is 7.88. The molecule has 1 heterocycles. The number of nitrogens with two attached hydrogens (primary N) is 1. The fraction of sp³-hybridized carbons (Fsp3) is 0.875. The predicted molar refractivity (Wildman–Crippen MR) is 60.9 cm³/mol. The van der Waals surface area contributed by atoms with Crippen LogP contribution in [-0.2, 0) is 10.0 Å². The molecule has 1 saturated heterocycles. The Bertz CT molecular complexity index is 359. The monoisotopic (exact) mass is 250 g/mol. The molecule has 1 aliphatic heterocycles. The lowest BCUT2D eigenvalue weighted by Gasteiger charge is -2.36. The summed E-state index contributed by atoms with van der Waals surface area (Å²) in [5.74, 6) is 0.146. The van der Waals surface area contributed by atoms with Crippen molar-refractivity contribution in [2.75, 3.05) is 32.4 Å². The second-order valence-corrected chi connectivity index (χ2v) is 5.88. The van der Waals surface area contributed by atoms with Gasteiger partial charge in [0, 0.05) is 26.2 Å². The van der Waals surface area contributed by atoms with E-state index >= 15 is 0 Å². The molecule has 3 N–H and O–H groups in total. The molecule has 94 valence electrons. The van der Waals surface area contributed by atoms with Crippen LogP contribution in [0.3, 0.4) is 0 Å². The molecular formula is C8H18N4O3S. The second-order valence-electron chi connectivity index (χ2n) is 3.90. The smallest absolute Gasteiger partial charge is 0.211 e. The lowest BCUT2D eigenvalue weighted by atomic mass is 10.2. The van der Waals surface area contributed by atoms with Gasteiger partial charge in [0.2, 0.25) is 10.0 Å². The van der Waals surface area contributed by atoms with Gasteiger partial charge in [-0.15, -0.1) is 0 Å². The van der Waals surface area contributed by atoms with Crippen molar-refractivity contribution >= 4 is 15.9 Å². The molecule has 0 bridgehead atoms. The maximum atomic E-state index is 11.3. The number of rotatable bonds is 3. The Morgan fingerprint density at radius 2 is 1.88 bits per heavy atom. The van der Waals surface area contributed by atoms with Crippen LogP contribution in [0.4, 0.5) is 0 Å². The molecule has 1 aliphatic rings. The maximum Gasteiger partial charge on any atom is 0.211 e. The molecule has 1 fully saturated rings. The molecule has 1 atom stereocenters. The summed E-state index contributed by atoms with van der Waals surface area (Å²) in [6.45, 7) is 3.89. The van der Waals surface area contributed by atoms with E-state index in [0.717, 1.165) is 0 Å². The fourth-order valence-corrected chi connectivity index (χ4v) is 2.52. The Morgan fingerprint density at radius 1 is 1.38 bits per heavy atom. The molecular weight excluding hydrogens is 232 g/mol. The van der Waals surface area contributed by atoms with E-state index in [0.29, 0.717) is 26.2 Å². The number of piperazine rings is 1. The molecule has 0 aliphatic carbocycles. The quantitative estimate of drug-likeness (QED) is 0.281. The van der Waals surface area contributed by atoms with Gasteiger partial charge >= 0.3 is 0 Å². The molecule has 16 heavy (non-hydrogen) atoms. The van der Waals surface area contributed by atoms with Gasteiger partial charge < -0.3 is 10.9 Å². The van der Waals surface area contributed by atoms with Crippen molar-refractivity contribution in [3.8, 4) is 0 Å². The fourth-order valence-electron chi connectivity index (χ4n) is 1.69.